The van der Waals surface area contributed by atoms with Crippen LogP contribution in [0.15, 0.2) is 233 Å². The summed E-state index contributed by atoms with van der Waals surface area (Å²) in [4.78, 5) is 90.8. The molecule has 12 rings (SSSR count). The van der Waals surface area contributed by atoms with E-state index >= 15 is 0 Å². The monoisotopic (exact) mass is 1680 g/mol. The Morgan fingerprint density at radius 2 is 0.517 bits per heavy atom. The van der Waals surface area contributed by atoms with Gasteiger partial charge in [0.2, 0.25) is 0 Å². The summed E-state index contributed by atoms with van der Waals surface area (Å²) in [5.41, 5.74) is 2.32. The van der Waals surface area contributed by atoms with E-state index in [1.54, 1.807) is 166 Å². The smallest absolute Gasteiger partial charge is 0.870 e. The summed E-state index contributed by atoms with van der Waals surface area (Å²) in [5, 5.41) is 101. The zero-order valence-electron chi connectivity index (χ0n) is 66.1. The quantitative estimate of drug-likeness (QED) is 0.0750. The third-order valence-corrected chi connectivity index (χ3v) is 16.2. The molecule has 608 valence electrons. The largest absolute Gasteiger partial charge is 3.00 e. The molecule has 0 amide bonds. The average molecular weight is 1690 g/mol. The van der Waals surface area contributed by atoms with E-state index in [0.717, 1.165) is 33.2 Å². The molecule has 0 saturated heterocycles. The van der Waals surface area contributed by atoms with Crippen LogP contribution in [0.4, 0.5) is 22.7 Å². The Bertz CT molecular complexity index is 5570. The van der Waals surface area contributed by atoms with Crippen LogP contribution in [-0.4, -0.2) is 103 Å². The molecular formula is C84H78Co2N16O16. The summed E-state index contributed by atoms with van der Waals surface area (Å²) in [5.74, 6) is -3.73. The zero-order valence-corrected chi connectivity index (χ0v) is 68.2. The third kappa shape index (κ3) is 23.9. The van der Waals surface area contributed by atoms with Crippen molar-refractivity contribution in [3.05, 3.63) is 281 Å². The summed E-state index contributed by atoms with van der Waals surface area (Å²) in [6, 6.07) is 61.8. The number of carbonyl (C=O) groups excluding carboxylic acids is 2. The normalized spacial score (nSPS) is 10.1. The molecule has 0 atom stereocenters. The van der Waals surface area contributed by atoms with Crippen LogP contribution in [0.2, 0.25) is 0 Å². The number of hydrogen-bond acceptors (Lipinski definition) is 24. The fourth-order valence-corrected chi connectivity index (χ4v) is 10.7. The molecule has 0 radical (unpaired) electrons. The van der Waals surface area contributed by atoms with Gasteiger partial charge in [0.25, 0.3) is 22.2 Å². The summed E-state index contributed by atoms with van der Waals surface area (Å²) in [7, 11) is 12.0. The molecule has 0 spiro atoms. The summed E-state index contributed by atoms with van der Waals surface area (Å²) >= 11 is 0. The minimum absolute atomic E-state index is 0. The number of rotatable bonds is 18. The predicted octanol–water partition coefficient (Wildman–Crippen LogP) is 7.49. The van der Waals surface area contributed by atoms with Gasteiger partial charge in [0.05, 0.1) is 98.8 Å². The molecule has 0 fully saturated rings. The molecule has 32 nitrogen and oxygen atoms in total. The van der Waals surface area contributed by atoms with Crippen molar-refractivity contribution in [1.82, 2.24) is 37.5 Å². The van der Waals surface area contributed by atoms with E-state index in [-0.39, 0.29) is 102 Å². The number of nitriles is 4. The number of aromatic nitrogens is 8. The molecule has 8 aromatic carbocycles. The number of carboxylic acids is 2. The summed E-state index contributed by atoms with van der Waals surface area (Å²) in [6.07, 6.45) is 5.10. The maximum absolute atomic E-state index is 12.8. The third-order valence-electron chi connectivity index (χ3n) is 16.2. The first-order valence-corrected chi connectivity index (χ1v) is 34.3. The first-order chi connectivity index (χ1) is 55.6. The number of aliphatic imine (C=N–C) groups is 4. The molecule has 0 bridgehead atoms. The van der Waals surface area contributed by atoms with Gasteiger partial charge in [-0.2, -0.15) is 21.0 Å². The fraction of sp³-hybridized carbons (Fsp3) is 0.167. The minimum Gasteiger partial charge on any atom is -0.870 e. The molecule has 34 heteroatoms. The van der Waals surface area contributed by atoms with Crippen LogP contribution in [0, 0.1) is 59.2 Å². The number of aromatic carboxylic acids is 2. The van der Waals surface area contributed by atoms with Crippen LogP contribution >= 0.6 is 0 Å². The maximum Gasteiger partial charge on any atom is 3.00 e. The van der Waals surface area contributed by atoms with Crippen molar-refractivity contribution >= 4 is 59.5 Å². The molecule has 118 heavy (non-hydrogen) atoms. The van der Waals surface area contributed by atoms with Crippen molar-refractivity contribution in [3.8, 4) is 93.0 Å². The molecule has 0 aliphatic carbocycles. The van der Waals surface area contributed by atoms with Crippen molar-refractivity contribution in [2.45, 2.75) is 41.5 Å². The van der Waals surface area contributed by atoms with Gasteiger partial charge in [-0.25, -0.2) is 38.7 Å². The van der Waals surface area contributed by atoms with Crippen molar-refractivity contribution in [2.75, 3.05) is 28.4 Å². The first kappa shape index (κ1) is 97.0. The van der Waals surface area contributed by atoms with Crippen LogP contribution in [0.25, 0.3) is 22.7 Å². The molecule has 4 aromatic heterocycles. The Morgan fingerprint density at radius 3 is 0.712 bits per heavy atom. The molecular weight excluding hydrogens is 1610 g/mol. The molecule has 0 unspecified atom stereocenters. The number of benzene rings is 8. The van der Waals surface area contributed by atoms with E-state index in [1.165, 1.54) is 116 Å². The van der Waals surface area contributed by atoms with Gasteiger partial charge in [-0.05, 0) is 109 Å². The number of methoxy groups -OCH3 is 4. The van der Waals surface area contributed by atoms with Gasteiger partial charge in [-0.3, -0.25) is 37.9 Å². The number of carbonyl (C=O) groups is 2. The van der Waals surface area contributed by atoms with Crippen molar-refractivity contribution in [2.24, 2.45) is 48.2 Å². The molecule has 0 N–H and O–H groups in total. The number of carboxylic acid groups (broad SMARTS) is 2. The van der Waals surface area contributed by atoms with Gasteiger partial charge >= 0.3 is 33.6 Å². The number of ether oxygens (including phenoxy) is 4. The Labute approximate surface area is 698 Å². The van der Waals surface area contributed by atoms with Crippen LogP contribution in [0.5, 0.6) is 46.0 Å². The van der Waals surface area contributed by atoms with Crippen molar-refractivity contribution in [1.29, 1.82) is 21.0 Å². The van der Waals surface area contributed by atoms with Gasteiger partial charge in [-0.15, -0.1) is 0 Å². The Morgan fingerprint density at radius 1 is 0.331 bits per heavy atom. The average Bonchev–Trinajstić information content (AvgIpc) is 1.65. The number of hydrogen-bond donors (Lipinski definition) is 0. The molecule has 12 aromatic rings. The standard InChI is InChI=1S/2C19H17N3O5.2C19H19N3O3.4C2H3N.2Co/c2*1-21-16(19(25)26)15(18(24)22(21)13-8-4-3-5-9-13)20-11-12-7-6-10-14(27-2)17(12)23;2*1-13-17(20-12-14-8-7-11-16(25-3)18(14)23)19(24)22(21(13)2)15-9-5-4-6-10-15;4*1-2-3;;/h2*3-11,23H,1-2H3,(H,25,26);2*4-12,23H,1-3H3;4*1H3;;/q;;;;;;;;2*+3/p-6. The van der Waals surface area contributed by atoms with Crippen molar-refractivity contribution < 1.29 is 92.7 Å². The van der Waals surface area contributed by atoms with E-state index in [0.29, 0.717) is 45.3 Å². The van der Waals surface area contributed by atoms with Gasteiger partial charge in [0.15, 0.2) is 22.7 Å². The Balaban J connectivity index is 0.000000386. The van der Waals surface area contributed by atoms with Gasteiger partial charge in [0, 0.05) is 80.7 Å². The van der Waals surface area contributed by atoms with Crippen molar-refractivity contribution in [3.63, 3.8) is 0 Å². The van der Waals surface area contributed by atoms with Crippen LogP contribution in [-0.2, 0) is 61.7 Å². The maximum atomic E-state index is 12.8. The first-order valence-electron chi connectivity index (χ1n) is 34.3. The van der Waals surface area contributed by atoms with Gasteiger partial charge in [0.1, 0.15) is 34.4 Å². The molecule has 4 heterocycles. The van der Waals surface area contributed by atoms with Crippen LogP contribution in [0.1, 0.15) is 82.3 Å². The van der Waals surface area contributed by atoms with E-state index in [2.05, 4.69) is 20.0 Å². The second kappa shape index (κ2) is 48.0. The van der Waals surface area contributed by atoms with E-state index in [1.807, 2.05) is 74.5 Å². The molecule has 0 aliphatic rings. The van der Waals surface area contributed by atoms with Gasteiger partial charge in [-0.1, -0.05) is 144 Å². The number of para-hydroxylation sites is 8. The summed E-state index contributed by atoms with van der Waals surface area (Å²) < 4.78 is 31.2. The molecule has 0 aliphatic heterocycles. The second-order valence-corrected chi connectivity index (χ2v) is 23.2. The minimum atomic E-state index is -1.55. The Kier molecular flexibility index (Phi) is 39.4. The van der Waals surface area contributed by atoms with Crippen LogP contribution < -0.4 is 71.8 Å². The Hall–Kier alpha value is -15.2. The zero-order chi connectivity index (χ0) is 85.9. The topological polar surface area (TPSA) is 462 Å². The molecule has 0 saturated carbocycles. The van der Waals surface area contributed by atoms with E-state index in [4.69, 9.17) is 40.0 Å². The van der Waals surface area contributed by atoms with Crippen LogP contribution in [0.3, 0.4) is 0 Å². The second-order valence-electron chi connectivity index (χ2n) is 23.2. The number of nitrogens with zero attached hydrogens (tertiary/aromatic N) is 16. The fourth-order valence-electron chi connectivity index (χ4n) is 10.7. The predicted molar refractivity (Wildman–Crippen MR) is 426 cm³/mol. The van der Waals surface area contributed by atoms with Gasteiger partial charge < -0.3 is 59.2 Å². The SMILES string of the molecule is CC#N.CC#N.CC#N.CC#N.COc1cccc(C=Nc2c(C(=O)[O-])n(C)n(-c3ccccc3)c2=O)c1[O-].COc1cccc(C=Nc2c(C(=O)[O-])n(C)n(-c3ccccc3)c2=O)c1[O-].COc1cccc(C=Nc2c(C)n(C)n(-c3ccccc3)c2=O)c1[O-].COc1cccc(C=Nc2c(C)n(C)n(-c3ccccc3)c2=O)c1[O-].[Co+3].[Co+3]. The summed E-state index contributed by atoms with van der Waals surface area (Å²) in [6.45, 7) is 9.36. The van der Waals surface area contributed by atoms with E-state index in [9.17, 15) is 59.4 Å². The van der Waals surface area contributed by atoms with E-state index < -0.39 is 45.9 Å².